The Hall–Kier alpha value is -1.00. The summed E-state index contributed by atoms with van der Waals surface area (Å²) in [5.41, 5.74) is 7.76. The van der Waals surface area contributed by atoms with E-state index in [0.717, 1.165) is 20.6 Å². The van der Waals surface area contributed by atoms with Crippen LogP contribution in [0.3, 0.4) is 0 Å². The molecule has 0 spiro atoms. The largest absolute Gasteiger partial charge is 0.384 e. The fourth-order valence-electron chi connectivity index (χ4n) is 1.41. The van der Waals surface area contributed by atoms with Gasteiger partial charge in [-0.25, -0.2) is 4.98 Å². The molecule has 0 amide bonds. The third-order valence-electron chi connectivity index (χ3n) is 2.19. The average molecular weight is 295 g/mol. The molecule has 0 radical (unpaired) electrons. The third kappa shape index (κ3) is 2.57. The van der Waals surface area contributed by atoms with Crippen LogP contribution >= 0.6 is 27.7 Å². The van der Waals surface area contributed by atoms with Gasteiger partial charge in [0.25, 0.3) is 0 Å². The van der Waals surface area contributed by atoms with Crippen molar-refractivity contribution in [3.05, 3.63) is 40.9 Å². The van der Waals surface area contributed by atoms with Crippen LogP contribution in [0.15, 0.2) is 45.8 Å². The normalized spacial score (nSPS) is 10.4. The second kappa shape index (κ2) is 4.89. The minimum Gasteiger partial charge on any atom is -0.384 e. The summed E-state index contributed by atoms with van der Waals surface area (Å²) in [5.74, 6) is 0.560. The Balaban J connectivity index is 2.47. The molecule has 82 valence electrons. The van der Waals surface area contributed by atoms with E-state index in [1.54, 1.807) is 11.8 Å². The van der Waals surface area contributed by atoms with Gasteiger partial charge in [0.05, 0.1) is 5.69 Å². The first-order chi connectivity index (χ1) is 7.69. The van der Waals surface area contributed by atoms with E-state index >= 15 is 0 Å². The van der Waals surface area contributed by atoms with Gasteiger partial charge in [0.2, 0.25) is 0 Å². The highest BCUT2D eigenvalue weighted by Crippen LogP contribution is 2.25. The lowest BCUT2D eigenvalue weighted by Crippen LogP contribution is -1.93. The molecule has 1 aromatic carbocycles. The predicted octanol–water partition coefficient (Wildman–Crippen LogP) is 3.82. The van der Waals surface area contributed by atoms with Crippen molar-refractivity contribution in [1.82, 2.24) is 4.98 Å². The lowest BCUT2D eigenvalue weighted by atomic mass is 10.1. The molecule has 16 heavy (non-hydrogen) atoms. The minimum absolute atomic E-state index is 0.560. The molecule has 0 fully saturated rings. The molecule has 0 saturated heterocycles. The molecular formula is C12H11BrN2S. The zero-order chi connectivity index (χ0) is 11.5. The highest BCUT2D eigenvalue weighted by atomic mass is 79.9. The van der Waals surface area contributed by atoms with Gasteiger partial charge >= 0.3 is 0 Å². The van der Waals surface area contributed by atoms with Gasteiger partial charge in [-0.05, 0) is 30.5 Å². The van der Waals surface area contributed by atoms with Gasteiger partial charge in [0.15, 0.2) is 0 Å². The van der Waals surface area contributed by atoms with E-state index in [2.05, 4.69) is 20.9 Å². The number of nitrogens with zero attached hydrogens (tertiary/aromatic N) is 1. The van der Waals surface area contributed by atoms with Gasteiger partial charge in [-0.3, -0.25) is 0 Å². The number of pyridine rings is 1. The molecule has 1 heterocycles. The predicted molar refractivity (Wildman–Crippen MR) is 73.6 cm³/mol. The molecule has 0 bridgehead atoms. The number of rotatable bonds is 2. The maximum absolute atomic E-state index is 5.77. The second-order valence-corrected chi connectivity index (χ2v) is 5.12. The van der Waals surface area contributed by atoms with Crippen molar-refractivity contribution in [3.8, 4) is 11.3 Å². The first-order valence-corrected chi connectivity index (χ1v) is 6.78. The third-order valence-corrected chi connectivity index (χ3v) is 3.43. The molecule has 2 rings (SSSR count). The van der Waals surface area contributed by atoms with Gasteiger partial charge in [-0.15, -0.1) is 11.8 Å². The molecule has 0 unspecified atom stereocenters. The van der Waals surface area contributed by atoms with Crippen molar-refractivity contribution in [2.45, 2.75) is 4.90 Å². The molecule has 0 saturated carbocycles. The summed E-state index contributed by atoms with van der Waals surface area (Å²) < 4.78 is 1.06. The first kappa shape index (κ1) is 11.5. The summed E-state index contributed by atoms with van der Waals surface area (Å²) in [6, 6.07) is 12.0. The van der Waals surface area contributed by atoms with Crippen LogP contribution in [0.4, 0.5) is 5.82 Å². The van der Waals surface area contributed by atoms with Crippen molar-refractivity contribution in [1.29, 1.82) is 0 Å². The smallest absolute Gasteiger partial charge is 0.125 e. The summed E-state index contributed by atoms with van der Waals surface area (Å²) in [4.78, 5) is 5.46. The Labute approximate surface area is 107 Å². The maximum Gasteiger partial charge on any atom is 0.125 e. The molecular weight excluding hydrogens is 284 g/mol. The van der Waals surface area contributed by atoms with E-state index in [0.29, 0.717) is 5.82 Å². The van der Waals surface area contributed by atoms with E-state index in [9.17, 15) is 0 Å². The van der Waals surface area contributed by atoms with Crippen LogP contribution in [0.1, 0.15) is 0 Å². The first-order valence-electron chi connectivity index (χ1n) is 4.76. The van der Waals surface area contributed by atoms with Crippen molar-refractivity contribution in [2.24, 2.45) is 0 Å². The molecule has 2 nitrogen and oxygen atoms in total. The van der Waals surface area contributed by atoms with E-state index in [1.165, 1.54) is 0 Å². The number of nitrogens with two attached hydrogens (primary N) is 1. The minimum atomic E-state index is 0.560. The molecule has 0 aliphatic heterocycles. The van der Waals surface area contributed by atoms with Crippen LogP contribution in [0.2, 0.25) is 0 Å². The van der Waals surface area contributed by atoms with Crippen molar-refractivity contribution < 1.29 is 0 Å². The second-order valence-electron chi connectivity index (χ2n) is 3.32. The summed E-state index contributed by atoms with van der Waals surface area (Å²) in [6.07, 6.45) is 2.03. The number of hydrogen-bond acceptors (Lipinski definition) is 3. The molecule has 2 N–H and O–H groups in total. The highest BCUT2D eigenvalue weighted by molar-refractivity contribution is 9.10. The quantitative estimate of drug-likeness (QED) is 0.856. The van der Waals surface area contributed by atoms with Gasteiger partial charge in [0.1, 0.15) is 5.82 Å². The number of nitrogen functional groups attached to an aromatic ring is 1. The zero-order valence-electron chi connectivity index (χ0n) is 8.77. The lowest BCUT2D eigenvalue weighted by Gasteiger charge is -2.05. The fraction of sp³-hybridized carbons (Fsp3) is 0.0833. The van der Waals surface area contributed by atoms with Gasteiger partial charge in [-0.2, -0.15) is 0 Å². The average Bonchev–Trinajstić information content (AvgIpc) is 2.29. The summed E-state index contributed by atoms with van der Waals surface area (Å²) in [7, 11) is 0. The lowest BCUT2D eigenvalue weighted by molar-refractivity contribution is 1.27. The Morgan fingerprint density at radius 2 is 1.88 bits per heavy atom. The maximum atomic E-state index is 5.77. The molecule has 0 aliphatic rings. The molecule has 4 heteroatoms. The number of hydrogen-bond donors (Lipinski definition) is 1. The van der Waals surface area contributed by atoms with Crippen LogP contribution < -0.4 is 5.73 Å². The summed E-state index contributed by atoms with van der Waals surface area (Å²) in [5, 5.41) is 0. The van der Waals surface area contributed by atoms with E-state index in [-0.39, 0.29) is 0 Å². The summed E-state index contributed by atoms with van der Waals surface area (Å²) in [6.45, 7) is 0. The van der Waals surface area contributed by atoms with E-state index in [4.69, 9.17) is 5.73 Å². The van der Waals surface area contributed by atoms with Gasteiger partial charge in [-0.1, -0.05) is 28.1 Å². The van der Waals surface area contributed by atoms with Crippen molar-refractivity contribution in [3.63, 3.8) is 0 Å². The molecule has 1 aromatic heterocycles. The Morgan fingerprint density at radius 1 is 1.19 bits per heavy atom. The SMILES string of the molecule is CSc1cc(N)nc(-c2ccc(Br)cc2)c1. The van der Waals surface area contributed by atoms with Crippen molar-refractivity contribution in [2.75, 3.05) is 12.0 Å². The number of anilines is 1. The van der Waals surface area contributed by atoms with E-state index in [1.807, 2.05) is 42.7 Å². The summed E-state index contributed by atoms with van der Waals surface area (Å²) >= 11 is 5.08. The Morgan fingerprint density at radius 3 is 2.50 bits per heavy atom. The highest BCUT2D eigenvalue weighted by Gasteiger charge is 2.02. The van der Waals surface area contributed by atoms with E-state index < -0.39 is 0 Å². The fourth-order valence-corrected chi connectivity index (χ4v) is 2.14. The van der Waals surface area contributed by atoms with Crippen LogP contribution in [0, 0.1) is 0 Å². The number of halogens is 1. The monoisotopic (exact) mass is 294 g/mol. The zero-order valence-corrected chi connectivity index (χ0v) is 11.2. The Kier molecular flexibility index (Phi) is 3.51. The molecule has 2 aromatic rings. The molecule has 0 atom stereocenters. The van der Waals surface area contributed by atoms with Gasteiger partial charge in [0, 0.05) is 14.9 Å². The van der Waals surface area contributed by atoms with Crippen molar-refractivity contribution >= 4 is 33.5 Å². The Bertz CT molecular complexity index is 497. The topological polar surface area (TPSA) is 38.9 Å². The van der Waals surface area contributed by atoms with Gasteiger partial charge < -0.3 is 5.73 Å². The number of aromatic nitrogens is 1. The van der Waals surface area contributed by atoms with Crippen LogP contribution in [0.5, 0.6) is 0 Å². The van der Waals surface area contributed by atoms with Crippen LogP contribution in [-0.2, 0) is 0 Å². The number of benzene rings is 1. The molecule has 0 aliphatic carbocycles. The van der Waals surface area contributed by atoms with Crippen LogP contribution in [0.25, 0.3) is 11.3 Å². The van der Waals surface area contributed by atoms with Crippen LogP contribution in [-0.4, -0.2) is 11.2 Å². The number of thioether (sulfide) groups is 1. The standard InChI is InChI=1S/C12H11BrN2S/c1-16-10-6-11(15-12(14)7-10)8-2-4-9(13)5-3-8/h2-7H,1H3,(H2,14,15).